The summed E-state index contributed by atoms with van der Waals surface area (Å²) >= 11 is 0. The lowest BCUT2D eigenvalue weighted by molar-refractivity contribution is -0.132. The summed E-state index contributed by atoms with van der Waals surface area (Å²) in [5.41, 5.74) is 6.58. The van der Waals surface area contributed by atoms with Crippen LogP contribution in [-0.2, 0) is 11.2 Å². The molecule has 0 aromatic heterocycles. The molecule has 5 nitrogen and oxygen atoms in total. The number of piperidine rings is 1. The standard InChI is InChI=1S/C17H26N2O3.ClH/c1-21-15-6-5-14(10-16(15)22-2)11-17(20)19-9-3-4-13(12-19)7-8-18;/h5-6,10,13H,3-4,7-9,11-12,18H2,1-2H3;1H. The van der Waals surface area contributed by atoms with Crippen LogP contribution in [0.25, 0.3) is 0 Å². The van der Waals surface area contributed by atoms with Crippen LogP contribution in [0, 0.1) is 5.92 Å². The first kappa shape index (κ1) is 19.6. The summed E-state index contributed by atoms with van der Waals surface area (Å²) < 4.78 is 10.5. The number of amides is 1. The number of carbonyl (C=O) groups is 1. The van der Waals surface area contributed by atoms with E-state index in [4.69, 9.17) is 15.2 Å². The molecular formula is C17H27ClN2O3. The third-order valence-electron chi connectivity index (χ3n) is 4.25. The Morgan fingerprint density at radius 2 is 2.04 bits per heavy atom. The van der Waals surface area contributed by atoms with E-state index in [0.29, 0.717) is 30.4 Å². The maximum Gasteiger partial charge on any atom is 0.227 e. The fourth-order valence-corrected chi connectivity index (χ4v) is 3.04. The van der Waals surface area contributed by atoms with Gasteiger partial charge in [-0.25, -0.2) is 0 Å². The minimum Gasteiger partial charge on any atom is -0.493 e. The van der Waals surface area contributed by atoms with E-state index in [-0.39, 0.29) is 18.3 Å². The number of nitrogens with two attached hydrogens (primary N) is 1. The van der Waals surface area contributed by atoms with Crippen molar-refractivity contribution in [3.8, 4) is 11.5 Å². The Kier molecular flexibility index (Phi) is 8.20. The van der Waals surface area contributed by atoms with Crippen molar-refractivity contribution in [3.63, 3.8) is 0 Å². The van der Waals surface area contributed by atoms with Gasteiger partial charge in [-0.05, 0) is 49.4 Å². The highest BCUT2D eigenvalue weighted by molar-refractivity contribution is 5.85. The molecule has 130 valence electrons. The molecule has 1 atom stereocenters. The summed E-state index contributed by atoms with van der Waals surface area (Å²) in [5.74, 6) is 2.06. The van der Waals surface area contributed by atoms with Gasteiger partial charge in [0.2, 0.25) is 5.91 Å². The third kappa shape index (κ3) is 5.29. The van der Waals surface area contributed by atoms with Crippen LogP contribution in [0.1, 0.15) is 24.8 Å². The van der Waals surface area contributed by atoms with Gasteiger partial charge in [-0.2, -0.15) is 0 Å². The topological polar surface area (TPSA) is 64.8 Å². The summed E-state index contributed by atoms with van der Waals surface area (Å²) in [4.78, 5) is 14.5. The first-order chi connectivity index (χ1) is 10.7. The summed E-state index contributed by atoms with van der Waals surface area (Å²) in [6.45, 7) is 2.39. The second-order valence-electron chi connectivity index (χ2n) is 5.79. The Morgan fingerprint density at radius 1 is 1.30 bits per heavy atom. The van der Waals surface area contributed by atoms with Gasteiger partial charge < -0.3 is 20.1 Å². The van der Waals surface area contributed by atoms with Gasteiger partial charge in [0.15, 0.2) is 11.5 Å². The van der Waals surface area contributed by atoms with Gasteiger partial charge in [-0.15, -0.1) is 12.4 Å². The van der Waals surface area contributed by atoms with Crippen LogP contribution in [0.4, 0.5) is 0 Å². The van der Waals surface area contributed by atoms with E-state index < -0.39 is 0 Å². The Labute approximate surface area is 144 Å². The second kappa shape index (κ2) is 9.63. The van der Waals surface area contributed by atoms with E-state index in [1.165, 1.54) is 6.42 Å². The van der Waals surface area contributed by atoms with Crippen molar-refractivity contribution in [3.05, 3.63) is 23.8 Å². The number of nitrogens with zero attached hydrogens (tertiary/aromatic N) is 1. The van der Waals surface area contributed by atoms with Crippen molar-refractivity contribution in [2.75, 3.05) is 33.9 Å². The minimum atomic E-state index is 0. The molecule has 0 bridgehead atoms. The highest BCUT2D eigenvalue weighted by Gasteiger charge is 2.23. The Hall–Kier alpha value is -1.46. The zero-order valence-corrected chi connectivity index (χ0v) is 14.7. The maximum atomic E-state index is 12.5. The quantitative estimate of drug-likeness (QED) is 0.861. The summed E-state index contributed by atoms with van der Waals surface area (Å²) in [6, 6.07) is 5.63. The van der Waals surface area contributed by atoms with Gasteiger partial charge in [0.05, 0.1) is 20.6 Å². The van der Waals surface area contributed by atoms with Gasteiger partial charge in [0.1, 0.15) is 0 Å². The van der Waals surface area contributed by atoms with Crippen molar-refractivity contribution >= 4 is 18.3 Å². The van der Waals surface area contributed by atoms with E-state index in [1.807, 2.05) is 23.1 Å². The van der Waals surface area contributed by atoms with Gasteiger partial charge in [-0.1, -0.05) is 6.07 Å². The zero-order valence-electron chi connectivity index (χ0n) is 13.9. The van der Waals surface area contributed by atoms with Crippen LogP contribution in [0.5, 0.6) is 11.5 Å². The molecule has 1 fully saturated rings. The highest BCUT2D eigenvalue weighted by Crippen LogP contribution is 2.28. The number of hydrogen-bond donors (Lipinski definition) is 1. The number of rotatable bonds is 6. The van der Waals surface area contributed by atoms with Crippen LogP contribution in [0.15, 0.2) is 18.2 Å². The first-order valence-corrected chi connectivity index (χ1v) is 7.86. The van der Waals surface area contributed by atoms with Gasteiger partial charge >= 0.3 is 0 Å². The molecule has 1 aliphatic heterocycles. The molecule has 6 heteroatoms. The van der Waals surface area contributed by atoms with E-state index in [9.17, 15) is 4.79 Å². The average Bonchev–Trinajstić information content (AvgIpc) is 2.55. The van der Waals surface area contributed by atoms with Crippen LogP contribution in [0.2, 0.25) is 0 Å². The fraction of sp³-hybridized carbons (Fsp3) is 0.588. The van der Waals surface area contributed by atoms with Crippen LogP contribution in [0.3, 0.4) is 0 Å². The highest BCUT2D eigenvalue weighted by atomic mass is 35.5. The number of ether oxygens (including phenoxy) is 2. The summed E-state index contributed by atoms with van der Waals surface area (Å²) in [7, 11) is 3.21. The zero-order chi connectivity index (χ0) is 15.9. The van der Waals surface area contributed by atoms with E-state index in [2.05, 4.69) is 0 Å². The van der Waals surface area contributed by atoms with Gasteiger partial charge in [-0.3, -0.25) is 4.79 Å². The SMILES string of the molecule is COc1ccc(CC(=O)N2CCCC(CCN)C2)cc1OC.Cl. The molecule has 1 unspecified atom stereocenters. The minimum absolute atomic E-state index is 0. The molecule has 1 amide bonds. The van der Waals surface area contributed by atoms with E-state index in [0.717, 1.165) is 31.5 Å². The summed E-state index contributed by atoms with van der Waals surface area (Å²) in [5, 5.41) is 0. The van der Waals surface area contributed by atoms with Crippen molar-refractivity contribution in [2.24, 2.45) is 11.7 Å². The van der Waals surface area contributed by atoms with Gasteiger partial charge in [0, 0.05) is 13.1 Å². The van der Waals surface area contributed by atoms with Crippen molar-refractivity contribution in [1.82, 2.24) is 4.90 Å². The first-order valence-electron chi connectivity index (χ1n) is 7.86. The lowest BCUT2D eigenvalue weighted by Gasteiger charge is -2.32. The molecular weight excluding hydrogens is 316 g/mol. The fourth-order valence-electron chi connectivity index (χ4n) is 3.04. The monoisotopic (exact) mass is 342 g/mol. The van der Waals surface area contributed by atoms with Crippen LogP contribution >= 0.6 is 12.4 Å². The maximum absolute atomic E-state index is 12.5. The Balaban J connectivity index is 0.00000264. The van der Waals surface area contributed by atoms with Crippen LogP contribution in [-0.4, -0.2) is 44.7 Å². The molecule has 0 spiro atoms. The van der Waals surface area contributed by atoms with Gasteiger partial charge in [0.25, 0.3) is 0 Å². The molecule has 2 N–H and O–H groups in total. The van der Waals surface area contributed by atoms with Crippen molar-refractivity contribution in [2.45, 2.75) is 25.7 Å². The average molecular weight is 343 g/mol. The number of methoxy groups -OCH3 is 2. The molecule has 1 saturated heterocycles. The number of likely N-dealkylation sites (tertiary alicyclic amines) is 1. The molecule has 1 aromatic carbocycles. The largest absolute Gasteiger partial charge is 0.493 e. The molecule has 0 radical (unpaired) electrons. The van der Waals surface area contributed by atoms with E-state index in [1.54, 1.807) is 14.2 Å². The lowest BCUT2D eigenvalue weighted by atomic mass is 9.94. The predicted octanol–water partition coefficient (Wildman–Crippen LogP) is 2.26. The molecule has 1 heterocycles. The molecule has 1 aliphatic rings. The normalized spacial score (nSPS) is 17.3. The molecule has 2 rings (SSSR count). The van der Waals surface area contributed by atoms with Crippen molar-refractivity contribution < 1.29 is 14.3 Å². The lowest BCUT2D eigenvalue weighted by Crippen LogP contribution is -2.41. The van der Waals surface area contributed by atoms with Crippen molar-refractivity contribution in [1.29, 1.82) is 0 Å². The molecule has 23 heavy (non-hydrogen) atoms. The number of benzene rings is 1. The predicted molar refractivity (Wildman–Crippen MR) is 93.5 cm³/mol. The number of hydrogen-bond acceptors (Lipinski definition) is 4. The Bertz CT molecular complexity index is 509. The molecule has 0 aliphatic carbocycles. The second-order valence-corrected chi connectivity index (χ2v) is 5.79. The summed E-state index contributed by atoms with van der Waals surface area (Å²) in [6.07, 6.45) is 3.65. The third-order valence-corrected chi connectivity index (χ3v) is 4.25. The Morgan fingerprint density at radius 3 is 2.70 bits per heavy atom. The number of carbonyl (C=O) groups excluding carboxylic acids is 1. The molecule has 1 aromatic rings. The molecule has 0 saturated carbocycles. The smallest absolute Gasteiger partial charge is 0.227 e. The van der Waals surface area contributed by atoms with Crippen LogP contribution < -0.4 is 15.2 Å². The van der Waals surface area contributed by atoms with E-state index >= 15 is 0 Å². The number of halogens is 1.